The molecule has 0 spiro atoms. The molecule has 4 atom stereocenters. The molecule has 0 saturated heterocycles. The second-order valence-electron chi connectivity index (χ2n) is 22.0. The lowest BCUT2D eigenvalue weighted by Crippen LogP contribution is -2.42. The summed E-state index contributed by atoms with van der Waals surface area (Å²) in [4.78, 5) is 46.5. The Hall–Kier alpha value is -11.1. The zero-order valence-corrected chi connectivity index (χ0v) is 55.4. The quantitative estimate of drug-likeness (QED) is 0.0185. The van der Waals surface area contributed by atoms with Crippen molar-refractivity contribution < 1.29 is 55.9 Å². The Bertz CT molecular complexity index is 4670. The molecule has 0 radical (unpaired) electrons. The number of nitriles is 1. The van der Waals surface area contributed by atoms with Crippen LogP contribution in [0.2, 0.25) is 0 Å². The van der Waals surface area contributed by atoms with E-state index in [2.05, 4.69) is 42.9 Å². The van der Waals surface area contributed by atoms with Crippen molar-refractivity contribution >= 4 is 58.6 Å². The van der Waals surface area contributed by atoms with Crippen LogP contribution in [0.4, 0.5) is 23.2 Å². The summed E-state index contributed by atoms with van der Waals surface area (Å²) in [5, 5.41) is 33.8. The largest absolute Gasteiger partial charge is 0.488 e. The summed E-state index contributed by atoms with van der Waals surface area (Å²) >= 11 is 8.07. The van der Waals surface area contributed by atoms with Crippen LogP contribution < -0.4 is 9.47 Å². The van der Waals surface area contributed by atoms with Crippen LogP contribution in [0.25, 0.3) is 22.5 Å². The summed E-state index contributed by atoms with van der Waals surface area (Å²) in [6.07, 6.45) is 5.54. The van der Waals surface area contributed by atoms with E-state index in [4.69, 9.17) is 45.5 Å². The number of ether oxygens (including phenoxy) is 5. The van der Waals surface area contributed by atoms with Gasteiger partial charge in [0.05, 0.1) is 51.8 Å². The van der Waals surface area contributed by atoms with E-state index in [0.717, 1.165) is 52.2 Å². The van der Waals surface area contributed by atoms with Gasteiger partial charge in [0.25, 0.3) is 0 Å². The number of benzene rings is 8. The summed E-state index contributed by atoms with van der Waals surface area (Å²) in [5.41, 5.74) is 3.45. The van der Waals surface area contributed by atoms with E-state index >= 15 is 4.39 Å². The summed E-state index contributed by atoms with van der Waals surface area (Å²) < 4.78 is 89.6. The Kier molecular flexibility index (Phi) is 24.1. The Morgan fingerprint density at radius 3 is 1.58 bits per heavy atom. The summed E-state index contributed by atoms with van der Waals surface area (Å²) in [6, 6.07) is 55.6. The minimum atomic E-state index is -1.76. The second-order valence-corrected chi connectivity index (χ2v) is 24.0. The van der Waals surface area contributed by atoms with Gasteiger partial charge >= 0.3 is 11.9 Å². The number of carbonyl (C=O) groups excluding carboxylic acids is 2. The first-order chi connectivity index (χ1) is 48.1. The van der Waals surface area contributed by atoms with E-state index < -0.39 is 65.0 Å². The van der Waals surface area contributed by atoms with Crippen molar-refractivity contribution in [2.45, 2.75) is 63.2 Å². The Balaban J connectivity index is 0.000000180. The topological polar surface area (TPSA) is 224 Å². The van der Waals surface area contributed by atoms with Crippen molar-refractivity contribution in [1.29, 1.82) is 5.26 Å². The minimum Gasteiger partial charge on any atom is -0.488 e. The number of aliphatic hydroxyl groups is 1. The highest BCUT2D eigenvalue weighted by molar-refractivity contribution is 7.10. The molecule has 4 heterocycles. The fourth-order valence-corrected chi connectivity index (χ4v) is 12.5. The fourth-order valence-electron chi connectivity index (χ4n) is 10.4. The third kappa shape index (κ3) is 17.9. The number of esters is 2. The number of thiazole rings is 2. The average Bonchev–Trinajstić information content (AvgIpc) is 1.76. The molecule has 0 fully saturated rings. The first kappa shape index (κ1) is 70.7. The lowest BCUT2D eigenvalue weighted by atomic mass is 9.81. The van der Waals surface area contributed by atoms with Gasteiger partial charge in [-0.3, -0.25) is 4.99 Å². The van der Waals surface area contributed by atoms with Crippen LogP contribution in [0.15, 0.2) is 235 Å². The van der Waals surface area contributed by atoms with Gasteiger partial charge in [0.1, 0.15) is 95.6 Å². The normalized spacial score (nSPS) is 12.7. The number of rotatable bonds is 25. The lowest BCUT2D eigenvalue weighted by Gasteiger charge is -2.38. The number of halogens is 5. The molecule has 502 valence electrons. The maximum absolute atomic E-state index is 15.8. The predicted molar refractivity (Wildman–Crippen MR) is 366 cm³/mol. The zero-order chi connectivity index (χ0) is 69.7. The van der Waals surface area contributed by atoms with Gasteiger partial charge in [-0.1, -0.05) is 147 Å². The molecule has 2 unspecified atom stereocenters. The van der Waals surface area contributed by atoms with E-state index in [0.29, 0.717) is 50.6 Å². The fraction of sp³-hybridized carbons (Fsp3) is 0.162. The zero-order valence-electron chi connectivity index (χ0n) is 53.0. The van der Waals surface area contributed by atoms with Gasteiger partial charge in [-0.05, 0) is 78.5 Å². The van der Waals surface area contributed by atoms with Crippen molar-refractivity contribution in [2.24, 2.45) is 4.99 Å². The van der Waals surface area contributed by atoms with Gasteiger partial charge in [0, 0.05) is 57.0 Å². The summed E-state index contributed by atoms with van der Waals surface area (Å²) in [5.74, 6) is -4.86. The number of nitrogens with zero attached hydrogens (tertiary/aromatic N) is 10. The van der Waals surface area contributed by atoms with Crippen LogP contribution in [0, 0.1) is 34.6 Å². The smallest absolute Gasteiger partial charge is 0.344 e. The third-order valence-electron chi connectivity index (χ3n) is 15.8. The van der Waals surface area contributed by atoms with E-state index in [1.54, 1.807) is 79.7 Å². The van der Waals surface area contributed by atoms with Gasteiger partial charge in [0.15, 0.2) is 12.9 Å². The van der Waals surface area contributed by atoms with Gasteiger partial charge in [0.2, 0.25) is 0 Å². The van der Waals surface area contributed by atoms with Gasteiger partial charge in [-0.2, -0.15) is 15.5 Å². The lowest BCUT2D eigenvalue weighted by molar-refractivity contribution is -0.148. The molecule has 0 amide bonds. The van der Waals surface area contributed by atoms with Crippen molar-refractivity contribution in [3.8, 4) is 40.1 Å². The molecule has 18 nitrogen and oxygen atoms in total. The minimum absolute atomic E-state index is 0.0257. The number of hydrogen-bond donors (Lipinski definition) is 1. The van der Waals surface area contributed by atoms with Gasteiger partial charge < -0.3 is 28.8 Å². The Morgan fingerprint density at radius 1 is 0.616 bits per heavy atom. The molecule has 0 saturated carbocycles. The van der Waals surface area contributed by atoms with Crippen LogP contribution in [0.1, 0.15) is 84.2 Å². The summed E-state index contributed by atoms with van der Waals surface area (Å²) in [6.45, 7) is 7.00. The van der Waals surface area contributed by atoms with Gasteiger partial charge in [-0.25, -0.2) is 56.5 Å². The van der Waals surface area contributed by atoms with Crippen molar-refractivity contribution in [3.63, 3.8) is 0 Å². The van der Waals surface area contributed by atoms with E-state index in [1.165, 1.54) is 69.5 Å². The molecule has 12 aromatic rings. The maximum atomic E-state index is 15.8. The molecule has 8 aromatic carbocycles. The molecule has 0 bridgehead atoms. The number of carbonyl (C=O) groups is 2. The molecule has 4 aromatic heterocycles. The number of aromatic nitrogens is 8. The van der Waals surface area contributed by atoms with Crippen LogP contribution in [-0.4, -0.2) is 76.1 Å². The van der Waals surface area contributed by atoms with E-state index in [-0.39, 0.29) is 42.5 Å². The number of hydrogen-bond acceptors (Lipinski definition) is 18. The van der Waals surface area contributed by atoms with E-state index in [1.807, 2.05) is 103 Å². The molecule has 1 N–H and O–H groups in total. The highest BCUT2D eigenvalue weighted by atomic mass is 35.5. The number of aliphatic imine (C=N–C) groups is 1. The predicted octanol–water partition coefficient (Wildman–Crippen LogP) is 16.0. The van der Waals surface area contributed by atoms with Crippen LogP contribution in [-0.2, 0) is 51.7 Å². The van der Waals surface area contributed by atoms with Crippen LogP contribution >= 0.6 is 34.3 Å². The third-order valence-corrected chi connectivity index (χ3v) is 17.9. The van der Waals surface area contributed by atoms with Gasteiger partial charge in [-0.15, -0.1) is 22.7 Å². The van der Waals surface area contributed by atoms with E-state index in [9.17, 15) is 27.9 Å². The molecular weight excluding hydrogens is 1330 g/mol. The molecule has 12 rings (SSSR count). The van der Waals surface area contributed by atoms with Crippen LogP contribution in [0.5, 0.6) is 11.5 Å². The SMILES string of the molecule is C=Nc1ccc(-c2csc([C@H](C)C(Cn3cncn3)(OCOC(=O)c3ccccc3OCc3ccccc3)c3ccc(F)cc3F)n2)cc1.C[C@@H](c1nc(-c2ccc(C#N)cc2)cs1)C(O)(Cn1cncn1)c1ccc(F)cc1F.O=C(OCCl)c1ccccc1OCc1ccccc1. The highest BCUT2D eigenvalue weighted by Gasteiger charge is 2.46. The average molecular weight is 1390 g/mol. The molecule has 0 aliphatic carbocycles. The molecule has 25 heteroatoms. The second kappa shape index (κ2) is 33.7. The molecular formula is C74H61ClF4N10O8S2. The molecule has 99 heavy (non-hydrogen) atoms. The standard InChI is InChI=1S/C37H31F2N5O4S.C22H17F2N5OS.C15H13ClO3/c1-25(35-43-33(20-49-35)27-12-15-29(40-2)16-13-27)37(21-44-23-41-22-42-44,31-17-14-28(38)18-32(31)39)48-24-47-36(45)30-10-6-7-11-34(30)46-19-26-8-4-3-5-9-26;1-14(21-28-20(10-31-21)16-4-2-15(9-25)3-5-16)22(30,11-29-13-26-12-27-29)18-7-6-17(23)8-19(18)24;16-11-19-15(17)13-8-4-5-9-14(13)18-10-12-6-2-1-3-7-12/h3-18,20,22-23,25H,2,19,21,24H2,1H3;2-8,10,12-14,30H,11H2,1H3;1-9H,10-11H2/t25-,37?;14-,22?;/m00./s1. The highest BCUT2D eigenvalue weighted by Crippen LogP contribution is 2.46. The Morgan fingerprint density at radius 2 is 1.09 bits per heavy atom. The van der Waals surface area contributed by atoms with Crippen molar-refractivity contribution in [1.82, 2.24) is 39.5 Å². The molecule has 0 aliphatic heterocycles. The van der Waals surface area contributed by atoms with Crippen LogP contribution in [0.3, 0.4) is 0 Å². The first-order valence-electron chi connectivity index (χ1n) is 30.4. The molecule has 0 aliphatic rings. The van der Waals surface area contributed by atoms with Crippen molar-refractivity contribution in [3.05, 3.63) is 302 Å². The number of alkyl halides is 1. The summed E-state index contributed by atoms with van der Waals surface area (Å²) in [7, 11) is 0. The monoisotopic (exact) mass is 1390 g/mol. The maximum Gasteiger partial charge on any atom is 0.344 e. The Labute approximate surface area is 579 Å². The first-order valence-corrected chi connectivity index (χ1v) is 32.7. The van der Waals surface area contributed by atoms with Crippen molar-refractivity contribution in [2.75, 3.05) is 12.9 Å². The number of para-hydroxylation sites is 2.